The third-order valence-electron chi connectivity index (χ3n) is 3.55. The van der Waals surface area contributed by atoms with E-state index < -0.39 is 0 Å². The minimum Gasteiger partial charge on any atom is -0.312 e. The zero-order valence-corrected chi connectivity index (χ0v) is 9.74. The summed E-state index contributed by atoms with van der Waals surface area (Å²) in [5.74, 6) is 0. The van der Waals surface area contributed by atoms with E-state index in [0.29, 0.717) is 11.5 Å². The van der Waals surface area contributed by atoms with E-state index in [1.54, 1.807) is 0 Å². The molecule has 0 saturated heterocycles. The fraction of sp³-hybridized carbons (Fsp3) is 0.750. The van der Waals surface area contributed by atoms with Gasteiger partial charge in [-0.15, -0.1) is 0 Å². The minimum atomic E-state index is 0.476. The summed E-state index contributed by atoms with van der Waals surface area (Å²) in [5, 5.41) is 7.84. The molecule has 0 spiro atoms. The molecule has 0 radical (unpaired) electrons. The van der Waals surface area contributed by atoms with E-state index in [9.17, 15) is 0 Å². The molecule has 3 nitrogen and oxygen atoms in total. The monoisotopic (exact) mass is 207 g/mol. The predicted molar refractivity (Wildman–Crippen MR) is 61.6 cm³/mol. The van der Waals surface area contributed by atoms with Crippen molar-refractivity contribution in [2.75, 3.05) is 6.54 Å². The summed E-state index contributed by atoms with van der Waals surface area (Å²) in [6.45, 7) is 6.73. The van der Waals surface area contributed by atoms with Gasteiger partial charge in [0.1, 0.15) is 0 Å². The van der Waals surface area contributed by atoms with Crippen LogP contribution in [0.3, 0.4) is 0 Å². The lowest BCUT2D eigenvalue weighted by Crippen LogP contribution is -2.39. The van der Waals surface area contributed by atoms with Crippen LogP contribution in [-0.2, 0) is 6.54 Å². The normalized spacial score (nSPS) is 24.5. The summed E-state index contributed by atoms with van der Waals surface area (Å²) in [4.78, 5) is 0. The molecule has 3 heteroatoms. The lowest BCUT2D eigenvalue weighted by molar-refractivity contribution is 0.280. The van der Waals surface area contributed by atoms with Crippen molar-refractivity contribution in [2.45, 2.75) is 45.7 Å². The van der Waals surface area contributed by atoms with E-state index >= 15 is 0 Å². The SMILES string of the molecule is CC1(C)CCCC1NCCn1cccn1. The number of aromatic nitrogens is 2. The zero-order valence-electron chi connectivity index (χ0n) is 9.74. The van der Waals surface area contributed by atoms with Crippen LogP contribution in [0.5, 0.6) is 0 Å². The minimum absolute atomic E-state index is 0.476. The Balaban J connectivity index is 1.74. The van der Waals surface area contributed by atoms with Crippen molar-refractivity contribution in [3.05, 3.63) is 18.5 Å². The van der Waals surface area contributed by atoms with E-state index in [4.69, 9.17) is 0 Å². The highest BCUT2D eigenvalue weighted by atomic mass is 15.3. The maximum absolute atomic E-state index is 4.19. The standard InChI is InChI=1S/C12H21N3/c1-12(2)6-3-5-11(12)13-8-10-15-9-4-7-14-15/h4,7,9,11,13H,3,5-6,8,10H2,1-2H3. The number of hydrogen-bond donors (Lipinski definition) is 1. The molecule has 84 valence electrons. The summed E-state index contributed by atoms with van der Waals surface area (Å²) in [7, 11) is 0. The third-order valence-corrected chi connectivity index (χ3v) is 3.55. The molecule has 1 aromatic heterocycles. The number of rotatable bonds is 4. The van der Waals surface area contributed by atoms with Gasteiger partial charge in [-0.05, 0) is 24.3 Å². The molecule has 1 aromatic rings. The second-order valence-corrected chi connectivity index (χ2v) is 5.16. The molecule has 0 bridgehead atoms. The Bertz CT molecular complexity index is 290. The Labute approximate surface area is 91.9 Å². The average Bonchev–Trinajstić information content (AvgIpc) is 2.77. The molecule has 0 aromatic carbocycles. The molecule has 1 aliphatic rings. The fourth-order valence-corrected chi connectivity index (χ4v) is 2.49. The molecule has 1 aliphatic carbocycles. The Morgan fingerprint density at radius 2 is 2.40 bits per heavy atom. The highest BCUT2D eigenvalue weighted by Gasteiger charge is 2.33. The summed E-state index contributed by atoms with van der Waals surface area (Å²) in [6, 6.07) is 2.66. The summed E-state index contributed by atoms with van der Waals surface area (Å²) in [5.41, 5.74) is 0.476. The Hall–Kier alpha value is -0.830. The van der Waals surface area contributed by atoms with Gasteiger partial charge in [0.25, 0.3) is 0 Å². The predicted octanol–water partition coefficient (Wildman–Crippen LogP) is 2.05. The van der Waals surface area contributed by atoms with Gasteiger partial charge >= 0.3 is 0 Å². The van der Waals surface area contributed by atoms with Gasteiger partial charge in [0.15, 0.2) is 0 Å². The summed E-state index contributed by atoms with van der Waals surface area (Å²) < 4.78 is 1.98. The van der Waals surface area contributed by atoms with Crippen LogP contribution in [0.2, 0.25) is 0 Å². The molecule has 2 rings (SSSR count). The van der Waals surface area contributed by atoms with Gasteiger partial charge in [-0.3, -0.25) is 4.68 Å². The van der Waals surface area contributed by atoms with E-state index in [1.807, 2.05) is 23.1 Å². The van der Waals surface area contributed by atoms with Crippen LogP contribution in [0.15, 0.2) is 18.5 Å². The number of nitrogens with zero attached hydrogens (tertiary/aromatic N) is 2. The number of hydrogen-bond acceptors (Lipinski definition) is 2. The van der Waals surface area contributed by atoms with E-state index in [0.717, 1.165) is 13.1 Å². The van der Waals surface area contributed by atoms with E-state index in [1.165, 1.54) is 19.3 Å². The van der Waals surface area contributed by atoms with Gasteiger partial charge in [-0.25, -0.2) is 0 Å². The van der Waals surface area contributed by atoms with Gasteiger partial charge in [0, 0.05) is 25.0 Å². The summed E-state index contributed by atoms with van der Waals surface area (Å²) in [6.07, 6.45) is 7.89. The van der Waals surface area contributed by atoms with Crippen molar-refractivity contribution in [3.63, 3.8) is 0 Å². The van der Waals surface area contributed by atoms with Crippen LogP contribution in [-0.4, -0.2) is 22.4 Å². The molecule has 1 saturated carbocycles. The van der Waals surface area contributed by atoms with Crippen LogP contribution in [0.4, 0.5) is 0 Å². The fourth-order valence-electron chi connectivity index (χ4n) is 2.49. The van der Waals surface area contributed by atoms with Crippen LogP contribution >= 0.6 is 0 Å². The van der Waals surface area contributed by atoms with Gasteiger partial charge in [-0.1, -0.05) is 20.3 Å². The van der Waals surface area contributed by atoms with E-state index in [-0.39, 0.29) is 0 Å². The molecule has 1 heterocycles. The first-order valence-electron chi connectivity index (χ1n) is 5.89. The molecular formula is C12H21N3. The first-order chi connectivity index (χ1) is 7.18. The first-order valence-corrected chi connectivity index (χ1v) is 5.89. The average molecular weight is 207 g/mol. The van der Waals surface area contributed by atoms with Crippen molar-refractivity contribution in [3.8, 4) is 0 Å². The Morgan fingerprint density at radius 3 is 3.00 bits per heavy atom. The van der Waals surface area contributed by atoms with Crippen molar-refractivity contribution in [2.24, 2.45) is 5.41 Å². The Kier molecular flexibility index (Phi) is 3.10. The zero-order chi connectivity index (χ0) is 10.7. The topological polar surface area (TPSA) is 29.9 Å². The van der Waals surface area contributed by atoms with Gasteiger partial charge in [-0.2, -0.15) is 5.10 Å². The van der Waals surface area contributed by atoms with Crippen molar-refractivity contribution < 1.29 is 0 Å². The highest BCUT2D eigenvalue weighted by molar-refractivity contribution is 4.90. The smallest absolute Gasteiger partial charge is 0.0534 e. The van der Waals surface area contributed by atoms with Crippen LogP contribution in [0.1, 0.15) is 33.1 Å². The maximum atomic E-state index is 4.19. The molecular weight excluding hydrogens is 186 g/mol. The molecule has 1 atom stereocenters. The first kappa shape index (κ1) is 10.7. The molecule has 15 heavy (non-hydrogen) atoms. The number of nitrogens with one attached hydrogen (secondary N) is 1. The Morgan fingerprint density at radius 1 is 1.53 bits per heavy atom. The van der Waals surface area contributed by atoms with Crippen LogP contribution in [0, 0.1) is 5.41 Å². The van der Waals surface area contributed by atoms with Gasteiger partial charge < -0.3 is 5.32 Å². The van der Waals surface area contributed by atoms with Crippen molar-refractivity contribution in [1.29, 1.82) is 0 Å². The van der Waals surface area contributed by atoms with Crippen LogP contribution in [0.25, 0.3) is 0 Å². The second-order valence-electron chi connectivity index (χ2n) is 5.16. The van der Waals surface area contributed by atoms with Gasteiger partial charge in [0.2, 0.25) is 0 Å². The maximum Gasteiger partial charge on any atom is 0.0534 e. The molecule has 1 N–H and O–H groups in total. The largest absolute Gasteiger partial charge is 0.312 e. The highest BCUT2D eigenvalue weighted by Crippen LogP contribution is 2.36. The molecule has 0 aliphatic heterocycles. The van der Waals surface area contributed by atoms with E-state index in [2.05, 4.69) is 24.3 Å². The third kappa shape index (κ3) is 2.59. The molecule has 0 amide bonds. The lowest BCUT2D eigenvalue weighted by Gasteiger charge is -2.27. The molecule has 1 fully saturated rings. The lowest BCUT2D eigenvalue weighted by atomic mass is 9.87. The second kappa shape index (κ2) is 4.35. The quantitative estimate of drug-likeness (QED) is 0.819. The molecule has 1 unspecified atom stereocenters. The van der Waals surface area contributed by atoms with Crippen LogP contribution < -0.4 is 5.32 Å². The van der Waals surface area contributed by atoms with Crippen molar-refractivity contribution in [1.82, 2.24) is 15.1 Å². The van der Waals surface area contributed by atoms with Crippen molar-refractivity contribution >= 4 is 0 Å². The summed E-state index contributed by atoms with van der Waals surface area (Å²) >= 11 is 0. The van der Waals surface area contributed by atoms with Gasteiger partial charge in [0.05, 0.1) is 6.54 Å².